The summed E-state index contributed by atoms with van der Waals surface area (Å²) in [4.78, 5) is 24.3. The van der Waals surface area contributed by atoms with E-state index in [-0.39, 0.29) is 27.9 Å². The van der Waals surface area contributed by atoms with Crippen LogP contribution in [0.25, 0.3) is 11.3 Å². The van der Waals surface area contributed by atoms with Gasteiger partial charge < -0.3 is 9.52 Å². The Labute approximate surface area is 142 Å². The summed E-state index contributed by atoms with van der Waals surface area (Å²) in [5, 5.41) is 10.1. The summed E-state index contributed by atoms with van der Waals surface area (Å²) < 4.78 is 5.27. The monoisotopic (exact) mass is 338 g/mol. The van der Waals surface area contributed by atoms with Crippen LogP contribution in [0, 0.1) is 0 Å². The normalized spacial score (nSPS) is 10.5. The molecule has 0 aliphatic heterocycles. The summed E-state index contributed by atoms with van der Waals surface area (Å²) in [5.41, 5.74) is 0.608. The standard InChI is InChI=1S/C19H14O4S/c20-15-11-17(14-9-5-2-6-10-14)23-19(22)18(15)24-12-16(21)13-7-3-1-4-8-13/h1-11,20H,12H2. The third-order valence-electron chi connectivity index (χ3n) is 3.39. The molecule has 120 valence electrons. The topological polar surface area (TPSA) is 67.5 Å². The summed E-state index contributed by atoms with van der Waals surface area (Å²) in [5.74, 6) is 0.0341. The van der Waals surface area contributed by atoms with Crippen molar-refractivity contribution in [3.8, 4) is 17.1 Å². The van der Waals surface area contributed by atoms with E-state index in [1.807, 2.05) is 24.3 Å². The van der Waals surface area contributed by atoms with Crippen molar-refractivity contribution in [2.75, 3.05) is 5.75 Å². The summed E-state index contributed by atoms with van der Waals surface area (Å²) in [7, 11) is 0. The Morgan fingerprint density at radius 1 is 1.00 bits per heavy atom. The maximum absolute atomic E-state index is 12.1. The van der Waals surface area contributed by atoms with Gasteiger partial charge in [0.1, 0.15) is 16.4 Å². The molecule has 1 aromatic heterocycles. The average molecular weight is 338 g/mol. The number of hydrogen-bond acceptors (Lipinski definition) is 5. The zero-order valence-corrected chi connectivity index (χ0v) is 13.5. The number of aromatic hydroxyl groups is 1. The second kappa shape index (κ2) is 7.19. The molecule has 0 fully saturated rings. The van der Waals surface area contributed by atoms with E-state index < -0.39 is 5.63 Å². The van der Waals surface area contributed by atoms with Gasteiger partial charge in [-0.1, -0.05) is 60.7 Å². The molecule has 0 aliphatic rings. The van der Waals surface area contributed by atoms with E-state index in [0.717, 1.165) is 11.8 Å². The number of benzene rings is 2. The van der Waals surface area contributed by atoms with Crippen molar-refractivity contribution in [1.82, 2.24) is 0 Å². The van der Waals surface area contributed by atoms with Crippen molar-refractivity contribution in [2.45, 2.75) is 4.90 Å². The van der Waals surface area contributed by atoms with E-state index in [2.05, 4.69) is 0 Å². The predicted octanol–water partition coefficient (Wildman–Crippen LogP) is 3.99. The van der Waals surface area contributed by atoms with E-state index in [1.54, 1.807) is 36.4 Å². The third kappa shape index (κ3) is 3.58. The molecule has 0 unspecified atom stereocenters. The summed E-state index contributed by atoms with van der Waals surface area (Å²) >= 11 is 0.975. The molecule has 1 N–H and O–H groups in total. The highest BCUT2D eigenvalue weighted by atomic mass is 32.2. The molecule has 0 amide bonds. The number of carbonyl (C=O) groups is 1. The Bertz CT molecular complexity index is 902. The summed E-state index contributed by atoms with van der Waals surface area (Å²) in [6, 6.07) is 19.2. The minimum absolute atomic E-state index is 0.0407. The second-order valence-corrected chi connectivity index (χ2v) is 6.04. The predicted molar refractivity (Wildman–Crippen MR) is 93.6 cm³/mol. The van der Waals surface area contributed by atoms with Crippen LogP contribution in [0.15, 0.2) is 80.8 Å². The molecular formula is C19H14O4S. The number of Topliss-reactive ketones (excluding diaryl/α,β-unsaturated/α-hetero) is 1. The van der Waals surface area contributed by atoms with Gasteiger partial charge >= 0.3 is 5.63 Å². The quantitative estimate of drug-likeness (QED) is 0.563. The van der Waals surface area contributed by atoms with E-state index in [0.29, 0.717) is 11.1 Å². The molecule has 3 aromatic rings. The molecule has 0 radical (unpaired) electrons. The number of ketones is 1. The first-order valence-electron chi connectivity index (χ1n) is 7.29. The van der Waals surface area contributed by atoms with Crippen LogP contribution in [0.2, 0.25) is 0 Å². The van der Waals surface area contributed by atoms with Gasteiger partial charge in [-0.3, -0.25) is 4.79 Å². The van der Waals surface area contributed by atoms with Crippen molar-refractivity contribution in [2.24, 2.45) is 0 Å². The SMILES string of the molecule is O=C(CSc1c(O)cc(-c2ccccc2)oc1=O)c1ccccc1. The van der Waals surface area contributed by atoms with E-state index in [4.69, 9.17) is 4.42 Å². The lowest BCUT2D eigenvalue weighted by atomic mass is 10.1. The van der Waals surface area contributed by atoms with Gasteiger partial charge in [-0.15, -0.1) is 11.8 Å². The lowest BCUT2D eigenvalue weighted by Crippen LogP contribution is -2.07. The Hall–Kier alpha value is -2.79. The van der Waals surface area contributed by atoms with Crippen LogP contribution in [-0.2, 0) is 0 Å². The molecule has 24 heavy (non-hydrogen) atoms. The van der Waals surface area contributed by atoms with Gasteiger partial charge in [0.15, 0.2) is 5.78 Å². The maximum atomic E-state index is 12.1. The molecule has 0 saturated carbocycles. The fourth-order valence-corrected chi connectivity index (χ4v) is 3.00. The first-order valence-corrected chi connectivity index (χ1v) is 8.27. The minimum Gasteiger partial charge on any atom is -0.506 e. The zero-order valence-electron chi connectivity index (χ0n) is 12.6. The number of thioether (sulfide) groups is 1. The zero-order chi connectivity index (χ0) is 16.9. The lowest BCUT2D eigenvalue weighted by molar-refractivity contribution is 0.102. The Kier molecular flexibility index (Phi) is 4.82. The van der Waals surface area contributed by atoms with Crippen molar-refractivity contribution >= 4 is 17.5 Å². The highest BCUT2D eigenvalue weighted by molar-refractivity contribution is 8.00. The lowest BCUT2D eigenvalue weighted by Gasteiger charge is -2.05. The van der Waals surface area contributed by atoms with E-state index in [1.165, 1.54) is 6.07 Å². The van der Waals surface area contributed by atoms with Gasteiger partial charge in [0, 0.05) is 17.2 Å². The minimum atomic E-state index is -0.653. The highest BCUT2D eigenvalue weighted by Crippen LogP contribution is 2.30. The molecule has 0 aliphatic carbocycles. The van der Waals surface area contributed by atoms with Gasteiger partial charge in [-0.05, 0) is 0 Å². The fraction of sp³-hybridized carbons (Fsp3) is 0.0526. The van der Waals surface area contributed by atoms with Crippen LogP contribution in [0.3, 0.4) is 0 Å². The molecule has 0 bridgehead atoms. The molecule has 0 spiro atoms. The maximum Gasteiger partial charge on any atom is 0.353 e. The molecule has 3 rings (SSSR count). The van der Waals surface area contributed by atoms with Crippen molar-refractivity contribution in [3.63, 3.8) is 0 Å². The van der Waals surface area contributed by atoms with E-state index >= 15 is 0 Å². The Morgan fingerprint density at radius 2 is 1.62 bits per heavy atom. The van der Waals surface area contributed by atoms with Gasteiger partial charge in [-0.25, -0.2) is 4.79 Å². The average Bonchev–Trinajstić information content (AvgIpc) is 2.62. The molecule has 5 heteroatoms. The van der Waals surface area contributed by atoms with Gasteiger partial charge in [-0.2, -0.15) is 0 Å². The van der Waals surface area contributed by atoms with Crippen molar-refractivity contribution < 1.29 is 14.3 Å². The molecular weight excluding hydrogens is 324 g/mol. The van der Waals surface area contributed by atoms with Crippen LogP contribution in [0.4, 0.5) is 0 Å². The van der Waals surface area contributed by atoms with Crippen molar-refractivity contribution in [1.29, 1.82) is 0 Å². The van der Waals surface area contributed by atoms with Gasteiger partial charge in [0.05, 0.1) is 5.75 Å². The molecule has 0 atom stereocenters. The van der Waals surface area contributed by atoms with Crippen LogP contribution in [0.1, 0.15) is 10.4 Å². The molecule has 0 saturated heterocycles. The largest absolute Gasteiger partial charge is 0.506 e. The summed E-state index contributed by atoms with van der Waals surface area (Å²) in [6.07, 6.45) is 0. The smallest absolute Gasteiger partial charge is 0.353 e. The number of hydrogen-bond donors (Lipinski definition) is 1. The first-order chi connectivity index (χ1) is 11.6. The fourth-order valence-electron chi connectivity index (χ4n) is 2.19. The molecule has 1 heterocycles. The van der Waals surface area contributed by atoms with Crippen LogP contribution < -0.4 is 5.63 Å². The van der Waals surface area contributed by atoms with Gasteiger partial charge in [0.25, 0.3) is 0 Å². The summed E-state index contributed by atoms with van der Waals surface area (Å²) in [6.45, 7) is 0. The Morgan fingerprint density at radius 3 is 2.25 bits per heavy atom. The van der Waals surface area contributed by atoms with E-state index in [9.17, 15) is 14.7 Å². The van der Waals surface area contributed by atoms with Crippen LogP contribution in [0.5, 0.6) is 5.75 Å². The van der Waals surface area contributed by atoms with Crippen LogP contribution >= 0.6 is 11.8 Å². The molecule has 2 aromatic carbocycles. The number of rotatable bonds is 5. The van der Waals surface area contributed by atoms with Gasteiger partial charge in [0.2, 0.25) is 0 Å². The van der Waals surface area contributed by atoms with Crippen LogP contribution in [-0.4, -0.2) is 16.6 Å². The van der Waals surface area contributed by atoms with Crippen molar-refractivity contribution in [3.05, 3.63) is 82.7 Å². The first kappa shape index (κ1) is 16.1. The second-order valence-electron chi connectivity index (χ2n) is 5.06. The highest BCUT2D eigenvalue weighted by Gasteiger charge is 2.15. The Balaban J connectivity index is 1.80. The third-order valence-corrected chi connectivity index (χ3v) is 4.46. The molecule has 4 nitrogen and oxygen atoms in total. The number of carbonyl (C=O) groups excluding carboxylic acids is 1.